The van der Waals surface area contributed by atoms with Crippen LogP contribution in [0.25, 0.3) is 6.08 Å². The first kappa shape index (κ1) is 12.1. The van der Waals surface area contributed by atoms with Crippen molar-refractivity contribution in [2.45, 2.75) is 0 Å². The van der Waals surface area contributed by atoms with Crippen molar-refractivity contribution in [3.8, 4) is 11.5 Å². The standard InChI is InChI=1S/C11H14N2O3/c1-15-9-5-3-8(7-10(9)16-2)4-6-11(14)13-12/h3-7H,12H2,1-2H3,(H,13,14)/b6-4+. The van der Waals surface area contributed by atoms with Gasteiger partial charge in [-0.3, -0.25) is 10.2 Å². The van der Waals surface area contributed by atoms with Crippen LogP contribution in [0.1, 0.15) is 5.56 Å². The van der Waals surface area contributed by atoms with Crippen LogP contribution in [0.3, 0.4) is 0 Å². The number of methoxy groups -OCH3 is 2. The van der Waals surface area contributed by atoms with Crippen LogP contribution in [0.2, 0.25) is 0 Å². The second kappa shape index (κ2) is 5.77. The lowest BCUT2D eigenvalue weighted by Gasteiger charge is -2.07. The third-order valence-corrected chi connectivity index (χ3v) is 1.98. The molecule has 0 atom stereocenters. The van der Waals surface area contributed by atoms with E-state index in [1.54, 1.807) is 32.4 Å². The van der Waals surface area contributed by atoms with Gasteiger partial charge >= 0.3 is 0 Å². The molecule has 0 saturated carbocycles. The molecule has 0 aliphatic heterocycles. The van der Waals surface area contributed by atoms with Gasteiger partial charge in [0.15, 0.2) is 11.5 Å². The highest BCUT2D eigenvalue weighted by atomic mass is 16.5. The quantitative estimate of drug-likeness (QED) is 0.340. The number of carbonyl (C=O) groups excluding carboxylic acids is 1. The molecule has 1 amide bonds. The molecular weight excluding hydrogens is 208 g/mol. The number of carbonyl (C=O) groups is 1. The second-order valence-electron chi connectivity index (χ2n) is 2.96. The van der Waals surface area contributed by atoms with Gasteiger partial charge in [0.05, 0.1) is 14.2 Å². The minimum absolute atomic E-state index is 0.366. The van der Waals surface area contributed by atoms with E-state index in [0.717, 1.165) is 5.56 Å². The Balaban J connectivity index is 2.91. The van der Waals surface area contributed by atoms with Crippen molar-refractivity contribution in [3.63, 3.8) is 0 Å². The van der Waals surface area contributed by atoms with E-state index in [2.05, 4.69) is 0 Å². The lowest BCUT2D eigenvalue weighted by atomic mass is 10.2. The van der Waals surface area contributed by atoms with Gasteiger partial charge in [0.2, 0.25) is 0 Å². The summed E-state index contributed by atoms with van der Waals surface area (Å²) in [5.41, 5.74) is 2.83. The number of amides is 1. The Morgan fingerprint density at radius 3 is 2.56 bits per heavy atom. The molecule has 0 radical (unpaired) electrons. The molecule has 0 saturated heterocycles. The van der Waals surface area contributed by atoms with Crippen LogP contribution < -0.4 is 20.7 Å². The van der Waals surface area contributed by atoms with E-state index in [4.69, 9.17) is 15.3 Å². The maximum Gasteiger partial charge on any atom is 0.257 e. The maximum atomic E-state index is 10.9. The van der Waals surface area contributed by atoms with Gasteiger partial charge in [-0.25, -0.2) is 5.84 Å². The molecule has 16 heavy (non-hydrogen) atoms. The molecule has 0 aliphatic rings. The maximum absolute atomic E-state index is 10.9. The Bertz CT molecular complexity index is 402. The molecule has 0 aliphatic carbocycles. The number of rotatable bonds is 4. The summed E-state index contributed by atoms with van der Waals surface area (Å²) >= 11 is 0. The average molecular weight is 222 g/mol. The van der Waals surface area contributed by atoms with Crippen LogP contribution in [0, 0.1) is 0 Å². The molecule has 0 heterocycles. The van der Waals surface area contributed by atoms with E-state index in [9.17, 15) is 4.79 Å². The van der Waals surface area contributed by atoms with Crippen molar-refractivity contribution in [1.82, 2.24) is 5.43 Å². The molecule has 1 aromatic carbocycles. The molecule has 0 fully saturated rings. The van der Waals surface area contributed by atoms with Crippen molar-refractivity contribution in [1.29, 1.82) is 0 Å². The van der Waals surface area contributed by atoms with Crippen LogP contribution >= 0.6 is 0 Å². The monoisotopic (exact) mass is 222 g/mol. The molecule has 1 aromatic rings. The number of benzene rings is 1. The number of nitrogens with two attached hydrogens (primary N) is 1. The zero-order valence-corrected chi connectivity index (χ0v) is 9.19. The van der Waals surface area contributed by atoms with Crippen molar-refractivity contribution in [3.05, 3.63) is 29.8 Å². The van der Waals surface area contributed by atoms with Gasteiger partial charge in [-0.2, -0.15) is 0 Å². The van der Waals surface area contributed by atoms with Gasteiger partial charge in [0.25, 0.3) is 5.91 Å². The Morgan fingerprint density at radius 2 is 2.00 bits per heavy atom. The third kappa shape index (κ3) is 2.99. The number of hydrazine groups is 1. The van der Waals surface area contributed by atoms with E-state index in [1.165, 1.54) is 6.08 Å². The topological polar surface area (TPSA) is 73.6 Å². The van der Waals surface area contributed by atoms with Crippen LogP contribution in [0.15, 0.2) is 24.3 Å². The molecule has 3 N–H and O–H groups in total. The summed E-state index contributed by atoms with van der Waals surface area (Å²) < 4.78 is 10.2. The highest BCUT2D eigenvalue weighted by molar-refractivity contribution is 5.91. The predicted molar refractivity (Wildman–Crippen MR) is 60.9 cm³/mol. The molecular formula is C11H14N2O3. The van der Waals surface area contributed by atoms with E-state index in [1.807, 2.05) is 11.5 Å². The van der Waals surface area contributed by atoms with Crippen molar-refractivity contribution < 1.29 is 14.3 Å². The number of hydrogen-bond acceptors (Lipinski definition) is 4. The van der Waals surface area contributed by atoms with E-state index >= 15 is 0 Å². The van der Waals surface area contributed by atoms with Gasteiger partial charge < -0.3 is 9.47 Å². The number of ether oxygens (including phenoxy) is 2. The van der Waals surface area contributed by atoms with Gasteiger partial charge in [-0.05, 0) is 23.8 Å². The van der Waals surface area contributed by atoms with Gasteiger partial charge in [0.1, 0.15) is 0 Å². The van der Waals surface area contributed by atoms with Crippen molar-refractivity contribution >= 4 is 12.0 Å². The smallest absolute Gasteiger partial charge is 0.257 e. The molecule has 5 nitrogen and oxygen atoms in total. The molecule has 86 valence electrons. The lowest BCUT2D eigenvalue weighted by molar-refractivity contribution is -0.116. The number of hydrogen-bond donors (Lipinski definition) is 2. The van der Waals surface area contributed by atoms with Crippen LogP contribution in [-0.4, -0.2) is 20.1 Å². The first-order valence-electron chi connectivity index (χ1n) is 4.62. The van der Waals surface area contributed by atoms with Crippen molar-refractivity contribution in [2.75, 3.05) is 14.2 Å². The fourth-order valence-electron chi connectivity index (χ4n) is 1.18. The van der Waals surface area contributed by atoms with E-state index in [-0.39, 0.29) is 5.91 Å². The Morgan fingerprint density at radius 1 is 1.31 bits per heavy atom. The molecule has 0 unspecified atom stereocenters. The van der Waals surface area contributed by atoms with Crippen LogP contribution in [-0.2, 0) is 4.79 Å². The average Bonchev–Trinajstić information content (AvgIpc) is 2.35. The van der Waals surface area contributed by atoms with E-state index in [0.29, 0.717) is 11.5 Å². The zero-order chi connectivity index (χ0) is 12.0. The molecule has 5 heteroatoms. The predicted octanol–water partition coefficient (Wildman–Crippen LogP) is 0.707. The summed E-state index contributed by atoms with van der Waals surface area (Å²) in [6, 6.07) is 5.33. The SMILES string of the molecule is COc1ccc(/C=C/C(=O)NN)cc1OC. The first-order valence-corrected chi connectivity index (χ1v) is 4.62. The molecule has 0 aromatic heterocycles. The minimum Gasteiger partial charge on any atom is -0.493 e. The second-order valence-corrected chi connectivity index (χ2v) is 2.96. The summed E-state index contributed by atoms with van der Waals surface area (Å²) in [7, 11) is 3.12. The summed E-state index contributed by atoms with van der Waals surface area (Å²) in [6.45, 7) is 0. The van der Waals surface area contributed by atoms with E-state index < -0.39 is 0 Å². The number of nitrogens with one attached hydrogen (secondary N) is 1. The summed E-state index contributed by atoms with van der Waals surface area (Å²) in [6.07, 6.45) is 2.96. The Hall–Kier alpha value is -2.01. The first-order chi connectivity index (χ1) is 7.71. The third-order valence-electron chi connectivity index (χ3n) is 1.98. The summed E-state index contributed by atoms with van der Waals surface area (Å²) in [4.78, 5) is 10.9. The highest BCUT2D eigenvalue weighted by Gasteiger charge is 2.02. The fourth-order valence-corrected chi connectivity index (χ4v) is 1.18. The summed E-state index contributed by atoms with van der Waals surface area (Å²) in [5, 5.41) is 0. The lowest BCUT2D eigenvalue weighted by Crippen LogP contribution is -2.27. The molecule has 0 spiro atoms. The van der Waals surface area contributed by atoms with Gasteiger partial charge in [0, 0.05) is 6.08 Å². The van der Waals surface area contributed by atoms with Crippen LogP contribution in [0.5, 0.6) is 11.5 Å². The largest absolute Gasteiger partial charge is 0.493 e. The van der Waals surface area contributed by atoms with Gasteiger partial charge in [-0.15, -0.1) is 0 Å². The molecule has 0 bridgehead atoms. The summed E-state index contributed by atoms with van der Waals surface area (Å²) in [5.74, 6) is 5.83. The van der Waals surface area contributed by atoms with Gasteiger partial charge in [-0.1, -0.05) is 6.07 Å². The zero-order valence-electron chi connectivity index (χ0n) is 9.19. The minimum atomic E-state index is -0.366. The highest BCUT2D eigenvalue weighted by Crippen LogP contribution is 2.27. The molecule has 1 rings (SSSR count). The Kier molecular flexibility index (Phi) is 4.35. The van der Waals surface area contributed by atoms with Crippen LogP contribution in [0.4, 0.5) is 0 Å². The normalized spacial score (nSPS) is 10.2. The fraction of sp³-hybridized carbons (Fsp3) is 0.182. The van der Waals surface area contributed by atoms with Crippen molar-refractivity contribution in [2.24, 2.45) is 5.84 Å². The Labute approximate surface area is 93.8 Å².